The van der Waals surface area contributed by atoms with Crippen LogP contribution < -0.4 is 0 Å². The van der Waals surface area contributed by atoms with Crippen LogP contribution >= 0.6 is 0 Å². The molecule has 6 heteroatoms. The summed E-state index contributed by atoms with van der Waals surface area (Å²) in [6.07, 6.45) is 61.6. The van der Waals surface area contributed by atoms with E-state index in [1.54, 1.807) is 0 Å². The molecule has 0 aromatic rings. The van der Waals surface area contributed by atoms with Gasteiger partial charge in [-0.2, -0.15) is 0 Å². The first-order valence-corrected chi connectivity index (χ1v) is 28.3. The monoisotopic (exact) mass is 901 g/mol. The second-order valence-corrected chi connectivity index (χ2v) is 19.2. The first kappa shape index (κ1) is 61.9. The van der Waals surface area contributed by atoms with Crippen molar-refractivity contribution >= 4 is 17.9 Å². The fourth-order valence-electron chi connectivity index (χ4n) is 8.37. The minimum Gasteiger partial charge on any atom is -0.462 e. The van der Waals surface area contributed by atoms with E-state index in [0.29, 0.717) is 19.3 Å². The van der Waals surface area contributed by atoms with Gasteiger partial charge in [0, 0.05) is 19.3 Å². The SMILES string of the molecule is CCCCCC/C=C\CCCCCCCC(=O)OCC(COC(=O)CCCCCCCCC/C=C\CCCCCCCCC)OC(=O)CCCCCCCCCCCCCCCCC. The second kappa shape index (κ2) is 53.5. The Morgan fingerprint density at radius 1 is 0.297 bits per heavy atom. The molecule has 0 aliphatic carbocycles. The van der Waals surface area contributed by atoms with Crippen molar-refractivity contribution in [3.8, 4) is 0 Å². The molecule has 0 saturated carbocycles. The first-order chi connectivity index (χ1) is 31.5. The smallest absolute Gasteiger partial charge is 0.306 e. The van der Waals surface area contributed by atoms with Crippen molar-refractivity contribution in [1.82, 2.24) is 0 Å². The quantitative estimate of drug-likeness (QED) is 0.0262. The zero-order chi connectivity index (χ0) is 46.5. The number of rotatable bonds is 52. The molecular weight excluding hydrogens is 793 g/mol. The van der Waals surface area contributed by atoms with Crippen LogP contribution in [0.1, 0.15) is 310 Å². The lowest BCUT2D eigenvalue weighted by Gasteiger charge is -2.18. The Kier molecular flexibility index (Phi) is 51.7. The van der Waals surface area contributed by atoms with Crippen LogP contribution in [-0.2, 0) is 28.6 Å². The fourth-order valence-corrected chi connectivity index (χ4v) is 8.37. The highest BCUT2D eigenvalue weighted by Crippen LogP contribution is 2.16. The van der Waals surface area contributed by atoms with E-state index in [1.165, 1.54) is 205 Å². The minimum absolute atomic E-state index is 0.0720. The van der Waals surface area contributed by atoms with Crippen molar-refractivity contribution in [2.24, 2.45) is 0 Å². The standard InChI is InChI=1S/C58H108O6/c1-4-7-10-13-16-19-22-25-27-28-29-31-33-36-39-42-45-48-51-57(60)63-54-55(53-62-56(59)50-47-44-41-38-35-32-24-21-18-15-12-9-6-3)64-58(61)52-49-46-43-40-37-34-30-26-23-20-17-14-11-8-5-2/h21,24,27-28,55H,4-20,22-23,25-26,29-54H2,1-3H3/b24-21-,28-27-. The Bertz CT molecular complexity index is 1040. The molecule has 64 heavy (non-hydrogen) atoms. The molecule has 1 atom stereocenters. The summed E-state index contributed by atoms with van der Waals surface area (Å²) < 4.78 is 16.9. The summed E-state index contributed by atoms with van der Waals surface area (Å²) >= 11 is 0. The van der Waals surface area contributed by atoms with E-state index < -0.39 is 6.10 Å². The summed E-state index contributed by atoms with van der Waals surface area (Å²) in [5.41, 5.74) is 0. The van der Waals surface area contributed by atoms with Crippen LogP contribution in [0, 0.1) is 0 Å². The zero-order valence-electron chi connectivity index (χ0n) is 43.1. The minimum atomic E-state index is -0.772. The van der Waals surface area contributed by atoms with E-state index in [0.717, 1.165) is 64.2 Å². The molecule has 0 aliphatic heterocycles. The summed E-state index contributed by atoms with van der Waals surface area (Å²) in [6.45, 7) is 6.65. The summed E-state index contributed by atoms with van der Waals surface area (Å²) in [7, 11) is 0. The summed E-state index contributed by atoms with van der Waals surface area (Å²) in [5, 5.41) is 0. The van der Waals surface area contributed by atoms with Crippen molar-refractivity contribution in [2.75, 3.05) is 13.2 Å². The number of hydrogen-bond acceptors (Lipinski definition) is 6. The molecule has 1 unspecified atom stereocenters. The van der Waals surface area contributed by atoms with Gasteiger partial charge in [0.2, 0.25) is 0 Å². The molecule has 0 rings (SSSR count). The van der Waals surface area contributed by atoms with E-state index >= 15 is 0 Å². The highest BCUT2D eigenvalue weighted by atomic mass is 16.6. The van der Waals surface area contributed by atoms with Crippen LogP contribution in [0.5, 0.6) is 0 Å². The maximum atomic E-state index is 12.8. The molecule has 0 aromatic heterocycles. The van der Waals surface area contributed by atoms with Gasteiger partial charge >= 0.3 is 17.9 Å². The third kappa shape index (κ3) is 50.9. The third-order valence-electron chi connectivity index (χ3n) is 12.7. The highest BCUT2D eigenvalue weighted by Gasteiger charge is 2.19. The predicted octanol–water partition coefficient (Wildman–Crippen LogP) is 18.7. The Morgan fingerprint density at radius 3 is 0.797 bits per heavy atom. The summed E-state index contributed by atoms with van der Waals surface area (Å²) in [4.78, 5) is 38.1. The molecule has 0 bridgehead atoms. The first-order valence-electron chi connectivity index (χ1n) is 28.3. The molecule has 0 saturated heterocycles. The number of unbranched alkanes of at least 4 members (excludes halogenated alkanes) is 37. The van der Waals surface area contributed by atoms with Crippen LogP contribution in [0.25, 0.3) is 0 Å². The largest absolute Gasteiger partial charge is 0.462 e. The van der Waals surface area contributed by atoms with Gasteiger partial charge in [-0.15, -0.1) is 0 Å². The highest BCUT2D eigenvalue weighted by molar-refractivity contribution is 5.71. The number of allylic oxidation sites excluding steroid dienone is 4. The second-order valence-electron chi connectivity index (χ2n) is 19.2. The van der Waals surface area contributed by atoms with Crippen molar-refractivity contribution in [1.29, 1.82) is 0 Å². The lowest BCUT2D eigenvalue weighted by molar-refractivity contribution is -0.167. The molecule has 376 valence electrons. The van der Waals surface area contributed by atoms with Gasteiger partial charge in [0.05, 0.1) is 0 Å². The third-order valence-corrected chi connectivity index (χ3v) is 12.7. The normalized spacial score (nSPS) is 12.1. The van der Waals surface area contributed by atoms with E-state index in [9.17, 15) is 14.4 Å². The zero-order valence-corrected chi connectivity index (χ0v) is 43.1. The molecule has 0 spiro atoms. The summed E-state index contributed by atoms with van der Waals surface area (Å²) in [6, 6.07) is 0. The summed E-state index contributed by atoms with van der Waals surface area (Å²) in [5.74, 6) is -0.866. The molecule has 0 N–H and O–H groups in total. The topological polar surface area (TPSA) is 78.9 Å². The lowest BCUT2D eigenvalue weighted by atomic mass is 10.0. The van der Waals surface area contributed by atoms with Gasteiger partial charge in [-0.3, -0.25) is 14.4 Å². The van der Waals surface area contributed by atoms with Gasteiger partial charge in [-0.05, 0) is 70.6 Å². The van der Waals surface area contributed by atoms with Gasteiger partial charge in [-0.25, -0.2) is 0 Å². The van der Waals surface area contributed by atoms with Crippen LogP contribution in [-0.4, -0.2) is 37.2 Å². The van der Waals surface area contributed by atoms with Crippen molar-refractivity contribution < 1.29 is 28.6 Å². The average molecular weight is 901 g/mol. The average Bonchev–Trinajstić information content (AvgIpc) is 3.29. The molecule has 0 aliphatic rings. The van der Waals surface area contributed by atoms with Crippen LogP contribution in [0.15, 0.2) is 24.3 Å². The number of ether oxygens (including phenoxy) is 3. The lowest BCUT2D eigenvalue weighted by Crippen LogP contribution is -2.30. The molecule has 6 nitrogen and oxygen atoms in total. The number of esters is 3. The van der Waals surface area contributed by atoms with Gasteiger partial charge in [-0.1, -0.05) is 244 Å². The predicted molar refractivity (Wildman–Crippen MR) is 275 cm³/mol. The van der Waals surface area contributed by atoms with Gasteiger partial charge in [0.25, 0.3) is 0 Å². The van der Waals surface area contributed by atoms with Gasteiger partial charge in [0.15, 0.2) is 6.10 Å². The Hall–Kier alpha value is -2.11. The van der Waals surface area contributed by atoms with Crippen LogP contribution in [0.4, 0.5) is 0 Å². The Balaban J connectivity index is 4.33. The van der Waals surface area contributed by atoms with E-state index in [2.05, 4.69) is 45.1 Å². The number of carbonyl (C=O) groups excluding carboxylic acids is 3. The molecule has 0 aromatic carbocycles. The van der Waals surface area contributed by atoms with E-state index in [-0.39, 0.29) is 31.1 Å². The maximum Gasteiger partial charge on any atom is 0.306 e. The van der Waals surface area contributed by atoms with Crippen LogP contribution in [0.2, 0.25) is 0 Å². The molecule has 0 heterocycles. The van der Waals surface area contributed by atoms with Gasteiger partial charge < -0.3 is 14.2 Å². The molecule has 0 amide bonds. The van der Waals surface area contributed by atoms with Crippen molar-refractivity contribution in [3.63, 3.8) is 0 Å². The van der Waals surface area contributed by atoms with Gasteiger partial charge in [0.1, 0.15) is 13.2 Å². The number of hydrogen-bond donors (Lipinski definition) is 0. The molecule has 0 radical (unpaired) electrons. The maximum absolute atomic E-state index is 12.8. The fraction of sp³-hybridized carbons (Fsp3) is 0.879. The van der Waals surface area contributed by atoms with Crippen LogP contribution in [0.3, 0.4) is 0 Å². The van der Waals surface area contributed by atoms with E-state index in [4.69, 9.17) is 14.2 Å². The molecular formula is C58H108O6. The molecule has 0 fully saturated rings. The number of carbonyl (C=O) groups is 3. The van der Waals surface area contributed by atoms with Crippen molar-refractivity contribution in [2.45, 2.75) is 316 Å². The Labute approximate surface area is 398 Å². The van der Waals surface area contributed by atoms with E-state index in [1.807, 2.05) is 0 Å². The van der Waals surface area contributed by atoms with Crippen molar-refractivity contribution in [3.05, 3.63) is 24.3 Å². The Morgan fingerprint density at radius 2 is 0.516 bits per heavy atom.